The van der Waals surface area contributed by atoms with E-state index in [0.717, 1.165) is 17.0 Å². The minimum Gasteiger partial charge on any atom is -0.342 e. The van der Waals surface area contributed by atoms with E-state index < -0.39 is 0 Å². The summed E-state index contributed by atoms with van der Waals surface area (Å²) in [5.74, 6) is 0.193. The highest BCUT2D eigenvalue weighted by molar-refractivity contribution is 8.04. The number of allylic oxidation sites excluding steroid dienone is 2. The summed E-state index contributed by atoms with van der Waals surface area (Å²) in [6.07, 6.45) is 5.16. The third-order valence-electron chi connectivity index (χ3n) is 2.65. The molecule has 0 aromatic rings. The zero-order valence-electron chi connectivity index (χ0n) is 8.87. The Morgan fingerprint density at radius 3 is 3.13 bits per heavy atom. The molecule has 0 N–H and O–H groups in total. The van der Waals surface area contributed by atoms with E-state index in [0.29, 0.717) is 11.8 Å². The van der Waals surface area contributed by atoms with Crippen molar-refractivity contribution < 1.29 is 4.79 Å². The van der Waals surface area contributed by atoms with Crippen LogP contribution in [0.1, 0.15) is 26.7 Å². The third-order valence-corrected chi connectivity index (χ3v) is 4.32. The molecule has 2 rings (SSSR count). The Morgan fingerprint density at radius 2 is 2.47 bits per heavy atom. The van der Waals surface area contributed by atoms with Crippen LogP contribution in [-0.2, 0) is 4.79 Å². The summed E-state index contributed by atoms with van der Waals surface area (Å²) < 4.78 is 0. The lowest BCUT2D eigenvalue weighted by Crippen LogP contribution is -2.32. The Balaban J connectivity index is 2.29. The summed E-state index contributed by atoms with van der Waals surface area (Å²) in [6, 6.07) is 0. The number of carbonyl (C=O) groups is 1. The van der Waals surface area contributed by atoms with Crippen molar-refractivity contribution in [2.75, 3.05) is 0 Å². The Bertz CT molecular complexity index is 350. The number of fused-ring (bicyclic) bond motifs is 1. The highest BCUT2D eigenvalue weighted by atomic mass is 35.5. The number of thioether (sulfide) groups is 1. The first-order chi connectivity index (χ1) is 7.13. The van der Waals surface area contributed by atoms with Crippen molar-refractivity contribution in [3.63, 3.8) is 0 Å². The van der Waals surface area contributed by atoms with Gasteiger partial charge in [-0.3, -0.25) is 4.79 Å². The number of rotatable bonds is 2. The fraction of sp³-hybridized carbons (Fsp3) is 0.545. The number of hydrogen-bond donors (Lipinski definition) is 0. The smallest absolute Gasteiger partial charge is 0.160 e. The van der Waals surface area contributed by atoms with Crippen molar-refractivity contribution in [1.29, 1.82) is 0 Å². The molecule has 0 radical (unpaired) electrons. The van der Waals surface area contributed by atoms with Crippen LogP contribution >= 0.6 is 23.4 Å². The fourth-order valence-corrected chi connectivity index (χ4v) is 3.51. The van der Waals surface area contributed by atoms with Crippen LogP contribution in [-0.4, -0.2) is 21.6 Å². The minimum absolute atomic E-state index is 0.0258. The summed E-state index contributed by atoms with van der Waals surface area (Å²) in [7, 11) is 0. The SMILES string of the molecule is CCC(Cl)N1C2=CCC(=O)C=C2SC1C. The lowest BCUT2D eigenvalue weighted by atomic mass is 10.1. The first kappa shape index (κ1) is 11.1. The van der Waals surface area contributed by atoms with E-state index in [1.54, 1.807) is 17.8 Å². The summed E-state index contributed by atoms with van der Waals surface area (Å²) >= 11 is 8.00. The van der Waals surface area contributed by atoms with Gasteiger partial charge < -0.3 is 4.90 Å². The van der Waals surface area contributed by atoms with Crippen LogP contribution < -0.4 is 0 Å². The predicted molar refractivity (Wildman–Crippen MR) is 64.6 cm³/mol. The van der Waals surface area contributed by atoms with Gasteiger partial charge in [-0.1, -0.05) is 36.4 Å². The van der Waals surface area contributed by atoms with Gasteiger partial charge in [0.25, 0.3) is 0 Å². The molecule has 15 heavy (non-hydrogen) atoms. The Morgan fingerprint density at radius 1 is 1.73 bits per heavy atom. The topological polar surface area (TPSA) is 20.3 Å². The van der Waals surface area contributed by atoms with Crippen molar-refractivity contribution >= 4 is 29.1 Å². The van der Waals surface area contributed by atoms with E-state index in [-0.39, 0.29) is 11.3 Å². The molecule has 1 aliphatic heterocycles. The normalized spacial score (nSPS) is 27.3. The Hall–Kier alpha value is -0.410. The molecule has 2 aliphatic rings. The lowest BCUT2D eigenvalue weighted by Gasteiger charge is -2.28. The van der Waals surface area contributed by atoms with Crippen LogP contribution in [0.25, 0.3) is 0 Å². The zero-order valence-corrected chi connectivity index (χ0v) is 10.4. The third kappa shape index (κ3) is 1.95. The quantitative estimate of drug-likeness (QED) is 0.549. The standard InChI is InChI=1S/C11H14ClNOS/c1-3-11(12)13-7(2)15-10-6-8(14)4-5-9(10)13/h5-7,11H,3-4H2,1-2H3. The molecule has 2 nitrogen and oxygen atoms in total. The number of halogens is 1. The van der Waals surface area contributed by atoms with Gasteiger partial charge in [-0.25, -0.2) is 0 Å². The van der Waals surface area contributed by atoms with Crippen LogP contribution in [0.15, 0.2) is 22.8 Å². The maximum absolute atomic E-state index is 11.3. The maximum atomic E-state index is 11.3. The molecule has 1 aliphatic carbocycles. The van der Waals surface area contributed by atoms with E-state index in [9.17, 15) is 4.79 Å². The average Bonchev–Trinajstić information content (AvgIpc) is 2.52. The maximum Gasteiger partial charge on any atom is 0.160 e. The van der Waals surface area contributed by atoms with Crippen LogP contribution in [0.2, 0.25) is 0 Å². The molecule has 2 atom stereocenters. The molecular formula is C11H14ClNOS. The van der Waals surface area contributed by atoms with E-state index >= 15 is 0 Å². The Kier molecular flexibility index (Phi) is 3.12. The largest absolute Gasteiger partial charge is 0.342 e. The summed E-state index contributed by atoms with van der Waals surface area (Å²) in [5, 5.41) is 0.329. The first-order valence-electron chi connectivity index (χ1n) is 5.17. The molecule has 2 unspecified atom stereocenters. The van der Waals surface area contributed by atoms with Crippen LogP contribution in [0.4, 0.5) is 0 Å². The molecule has 0 spiro atoms. The zero-order chi connectivity index (χ0) is 11.0. The molecule has 82 valence electrons. The summed E-state index contributed by atoms with van der Waals surface area (Å²) in [5.41, 5.74) is 1.17. The molecule has 4 heteroatoms. The fourth-order valence-electron chi connectivity index (χ4n) is 1.92. The van der Waals surface area contributed by atoms with Crippen LogP contribution in [0, 0.1) is 0 Å². The van der Waals surface area contributed by atoms with E-state index in [2.05, 4.69) is 18.7 Å². The van der Waals surface area contributed by atoms with E-state index in [4.69, 9.17) is 11.6 Å². The van der Waals surface area contributed by atoms with Gasteiger partial charge >= 0.3 is 0 Å². The molecule has 0 amide bonds. The first-order valence-corrected chi connectivity index (χ1v) is 6.49. The number of alkyl halides is 1. The minimum atomic E-state index is 0.0258. The van der Waals surface area contributed by atoms with Gasteiger partial charge in [-0.2, -0.15) is 0 Å². The van der Waals surface area contributed by atoms with Gasteiger partial charge in [0, 0.05) is 17.0 Å². The highest BCUT2D eigenvalue weighted by Gasteiger charge is 2.34. The molecular weight excluding hydrogens is 230 g/mol. The van der Waals surface area contributed by atoms with Crippen molar-refractivity contribution in [3.8, 4) is 0 Å². The van der Waals surface area contributed by atoms with Crippen molar-refractivity contribution in [1.82, 2.24) is 4.90 Å². The van der Waals surface area contributed by atoms with Gasteiger partial charge in [0.1, 0.15) is 5.50 Å². The second-order valence-electron chi connectivity index (χ2n) is 3.74. The monoisotopic (exact) mass is 243 g/mol. The number of nitrogens with zero attached hydrogens (tertiary/aromatic N) is 1. The number of carbonyl (C=O) groups excluding carboxylic acids is 1. The second kappa shape index (κ2) is 4.22. The molecule has 1 saturated heterocycles. The molecule has 0 aromatic heterocycles. The van der Waals surface area contributed by atoms with Gasteiger partial charge in [0.15, 0.2) is 5.78 Å². The van der Waals surface area contributed by atoms with Gasteiger partial charge in [-0.05, 0) is 19.4 Å². The van der Waals surface area contributed by atoms with Crippen molar-refractivity contribution in [2.24, 2.45) is 0 Å². The van der Waals surface area contributed by atoms with Crippen molar-refractivity contribution in [3.05, 3.63) is 22.8 Å². The van der Waals surface area contributed by atoms with Gasteiger partial charge in [0.2, 0.25) is 0 Å². The lowest BCUT2D eigenvalue weighted by molar-refractivity contribution is -0.114. The van der Waals surface area contributed by atoms with Gasteiger partial charge in [-0.15, -0.1) is 0 Å². The molecule has 1 heterocycles. The van der Waals surface area contributed by atoms with Gasteiger partial charge in [0.05, 0.1) is 5.37 Å². The van der Waals surface area contributed by atoms with Crippen LogP contribution in [0.5, 0.6) is 0 Å². The molecule has 1 fully saturated rings. The molecule has 0 saturated carbocycles. The number of hydrogen-bond acceptors (Lipinski definition) is 3. The van der Waals surface area contributed by atoms with E-state index in [1.807, 2.05) is 6.08 Å². The van der Waals surface area contributed by atoms with E-state index in [1.165, 1.54) is 0 Å². The predicted octanol–water partition coefficient (Wildman–Crippen LogP) is 3.10. The van der Waals surface area contributed by atoms with Crippen LogP contribution in [0.3, 0.4) is 0 Å². The number of ketones is 1. The highest BCUT2D eigenvalue weighted by Crippen LogP contribution is 2.45. The Labute approximate surface area is 99.3 Å². The molecule has 0 bridgehead atoms. The second-order valence-corrected chi connectivity index (χ2v) is 5.60. The summed E-state index contributed by atoms with van der Waals surface area (Å²) in [4.78, 5) is 14.6. The molecule has 0 aromatic carbocycles. The summed E-state index contributed by atoms with van der Waals surface area (Å²) in [6.45, 7) is 4.20. The van der Waals surface area contributed by atoms with Crippen molar-refractivity contribution in [2.45, 2.75) is 37.6 Å². The average molecular weight is 244 g/mol.